The molecule has 1 N–H and O–H groups in total. The highest BCUT2D eigenvalue weighted by Gasteiger charge is 2.25. The summed E-state index contributed by atoms with van der Waals surface area (Å²) < 4.78 is 27.7. The van der Waals surface area contributed by atoms with Crippen LogP contribution in [0.3, 0.4) is 0 Å². The molecule has 1 atom stereocenters. The van der Waals surface area contributed by atoms with Gasteiger partial charge < -0.3 is 10.2 Å². The van der Waals surface area contributed by atoms with E-state index in [-0.39, 0.29) is 18.4 Å². The van der Waals surface area contributed by atoms with Crippen LogP contribution in [-0.4, -0.2) is 46.5 Å². The lowest BCUT2D eigenvalue weighted by Crippen LogP contribution is -2.40. The Bertz CT molecular complexity index is 671. The maximum Gasteiger partial charge on any atom is 0.317 e. The molecule has 1 aliphatic heterocycles. The van der Waals surface area contributed by atoms with Crippen LogP contribution in [0.15, 0.2) is 36.5 Å². The van der Waals surface area contributed by atoms with Gasteiger partial charge in [0, 0.05) is 24.8 Å². The first-order chi connectivity index (χ1) is 11.1. The molecule has 7 heteroatoms. The van der Waals surface area contributed by atoms with Crippen LogP contribution in [0.2, 0.25) is 0 Å². The highest BCUT2D eigenvalue weighted by molar-refractivity contribution is 5.74. The van der Waals surface area contributed by atoms with Gasteiger partial charge in [0.1, 0.15) is 12.0 Å². The number of carbonyl (C=O) groups excluding carboxylic acids is 1. The molecule has 1 fully saturated rings. The van der Waals surface area contributed by atoms with Crippen molar-refractivity contribution in [3.05, 3.63) is 42.3 Å². The van der Waals surface area contributed by atoms with Gasteiger partial charge >= 0.3 is 6.03 Å². The summed E-state index contributed by atoms with van der Waals surface area (Å²) in [6.45, 7) is 1.56. The SMILES string of the molecule is O=C(NCCn1ccc(-c2ccc(F)cc2)n1)N1CC[C@H](F)C1. The van der Waals surface area contributed by atoms with E-state index >= 15 is 0 Å². The molecule has 0 radical (unpaired) electrons. The summed E-state index contributed by atoms with van der Waals surface area (Å²) in [6.07, 6.45) is 1.30. The summed E-state index contributed by atoms with van der Waals surface area (Å²) in [5.41, 5.74) is 1.58. The Hall–Kier alpha value is -2.44. The minimum absolute atomic E-state index is 0.169. The summed E-state index contributed by atoms with van der Waals surface area (Å²) in [6, 6.07) is 7.72. The van der Waals surface area contributed by atoms with Gasteiger partial charge in [-0.2, -0.15) is 5.10 Å². The molecular weight excluding hydrogens is 302 g/mol. The molecule has 122 valence electrons. The van der Waals surface area contributed by atoms with E-state index in [4.69, 9.17) is 0 Å². The molecule has 0 bridgehead atoms. The maximum atomic E-state index is 13.1. The molecule has 0 spiro atoms. The van der Waals surface area contributed by atoms with Crippen LogP contribution in [0.1, 0.15) is 6.42 Å². The third kappa shape index (κ3) is 3.85. The first-order valence-corrected chi connectivity index (χ1v) is 7.58. The van der Waals surface area contributed by atoms with E-state index in [1.165, 1.54) is 17.0 Å². The number of nitrogens with one attached hydrogen (secondary N) is 1. The highest BCUT2D eigenvalue weighted by atomic mass is 19.1. The fraction of sp³-hybridized carbons (Fsp3) is 0.375. The van der Waals surface area contributed by atoms with Gasteiger partial charge in [-0.25, -0.2) is 13.6 Å². The second-order valence-electron chi connectivity index (χ2n) is 5.53. The van der Waals surface area contributed by atoms with Crippen LogP contribution < -0.4 is 5.32 Å². The third-order valence-electron chi connectivity index (χ3n) is 3.82. The van der Waals surface area contributed by atoms with Gasteiger partial charge in [0.2, 0.25) is 0 Å². The molecule has 1 aliphatic rings. The van der Waals surface area contributed by atoms with Gasteiger partial charge in [-0.3, -0.25) is 4.68 Å². The van der Waals surface area contributed by atoms with Crippen LogP contribution in [0.25, 0.3) is 11.3 Å². The van der Waals surface area contributed by atoms with E-state index < -0.39 is 6.17 Å². The van der Waals surface area contributed by atoms with Gasteiger partial charge in [0.25, 0.3) is 0 Å². The van der Waals surface area contributed by atoms with Crippen molar-refractivity contribution in [1.82, 2.24) is 20.0 Å². The maximum absolute atomic E-state index is 13.1. The van der Waals surface area contributed by atoms with E-state index in [1.54, 1.807) is 23.0 Å². The van der Waals surface area contributed by atoms with Crippen molar-refractivity contribution >= 4 is 6.03 Å². The molecule has 1 saturated heterocycles. The number of likely N-dealkylation sites (tertiary alicyclic amines) is 1. The molecule has 2 heterocycles. The van der Waals surface area contributed by atoms with Gasteiger partial charge in [-0.1, -0.05) is 0 Å². The standard InChI is InChI=1S/C16H18F2N4O/c17-13-3-1-12(2-4-13)15-6-9-22(20-15)10-7-19-16(23)21-8-5-14(18)11-21/h1-4,6,9,14H,5,7-8,10-11H2,(H,19,23)/t14-/m0/s1. The summed E-state index contributed by atoms with van der Waals surface area (Å²) in [5.74, 6) is -0.284. The fourth-order valence-electron chi connectivity index (χ4n) is 2.55. The molecule has 0 aliphatic carbocycles. The number of alkyl halides is 1. The lowest BCUT2D eigenvalue weighted by atomic mass is 10.1. The molecule has 0 unspecified atom stereocenters. The van der Waals surface area contributed by atoms with Crippen molar-refractivity contribution in [1.29, 1.82) is 0 Å². The zero-order valence-corrected chi connectivity index (χ0v) is 12.6. The molecule has 5 nitrogen and oxygen atoms in total. The summed E-state index contributed by atoms with van der Waals surface area (Å²) in [7, 11) is 0. The highest BCUT2D eigenvalue weighted by Crippen LogP contribution is 2.17. The van der Waals surface area contributed by atoms with E-state index in [1.807, 2.05) is 6.07 Å². The summed E-state index contributed by atoms with van der Waals surface area (Å²) in [4.78, 5) is 13.3. The Morgan fingerprint density at radius 3 is 2.78 bits per heavy atom. The van der Waals surface area contributed by atoms with E-state index in [9.17, 15) is 13.6 Å². The molecule has 1 aromatic carbocycles. The number of urea groups is 1. The van der Waals surface area contributed by atoms with Gasteiger partial charge in [-0.05, 0) is 36.8 Å². The minimum atomic E-state index is -0.912. The number of hydrogen-bond donors (Lipinski definition) is 1. The van der Waals surface area contributed by atoms with E-state index in [0.29, 0.717) is 26.1 Å². The van der Waals surface area contributed by atoms with Crippen molar-refractivity contribution in [2.75, 3.05) is 19.6 Å². The van der Waals surface area contributed by atoms with Gasteiger partial charge in [0.05, 0.1) is 18.8 Å². The van der Waals surface area contributed by atoms with Crippen LogP contribution in [-0.2, 0) is 6.54 Å². The predicted octanol–water partition coefficient (Wildman–Crippen LogP) is 2.44. The molecule has 23 heavy (non-hydrogen) atoms. The molecule has 2 aromatic rings. The van der Waals surface area contributed by atoms with Crippen LogP contribution >= 0.6 is 0 Å². The number of hydrogen-bond acceptors (Lipinski definition) is 2. The van der Waals surface area contributed by atoms with Gasteiger partial charge in [0.15, 0.2) is 0 Å². The van der Waals surface area contributed by atoms with E-state index in [0.717, 1.165) is 11.3 Å². The Morgan fingerprint density at radius 2 is 2.09 bits per heavy atom. The molecular formula is C16H18F2N4O. The quantitative estimate of drug-likeness (QED) is 0.941. The van der Waals surface area contributed by atoms with Crippen molar-refractivity contribution < 1.29 is 13.6 Å². The predicted molar refractivity (Wildman–Crippen MR) is 82.1 cm³/mol. The number of halogens is 2. The number of carbonyl (C=O) groups is 1. The number of aromatic nitrogens is 2. The Kier molecular flexibility index (Phi) is 4.55. The first kappa shape index (κ1) is 15.5. The Labute approximate surface area is 132 Å². The molecule has 0 saturated carbocycles. The number of benzene rings is 1. The zero-order valence-electron chi connectivity index (χ0n) is 12.6. The second kappa shape index (κ2) is 6.76. The van der Waals surface area contributed by atoms with Crippen LogP contribution in [0, 0.1) is 5.82 Å². The largest absolute Gasteiger partial charge is 0.336 e. The lowest BCUT2D eigenvalue weighted by Gasteiger charge is -2.16. The third-order valence-corrected chi connectivity index (χ3v) is 3.82. The van der Waals surface area contributed by atoms with Crippen LogP contribution in [0.5, 0.6) is 0 Å². The molecule has 3 rings (SSSR count). The number of nitrogens with zero attached hydrogens (tertiary/aromatic N) is 3. The normalized spacial score (nSPS) is 17.5. The number of amides is 2. The van der Waals surface area contributed by atoms with E-state index in [2.05, 4.69) is 10.4 Å². The van der Waals surface area contributed by atoms with Crippen molar-refractivity contribution in [3.63, 3.8) is 0 Å². The monoisotopic (exact) mass is 320 g/mol. The summed E-state index contributed by atoms with van der Waals surface area (Å²) >= 11 is 0. The van der Waals surface area contributed by atoms with Crippen LogP contribution in [0.4, 0.5) is 13.6 Å². The van der Waals surface area contributed by atoms with Crippen molar-refractivity contribution in [3.8, 4) is 11.3 Å². The summed E-state index contributed by atoms with van der Waals surface area (Å²) in [5, 5.41) is 7.15. The topological polar surface area (TPSA) is 50.2 Å². The lowest BCUT2D eigenvalue weighted by molar-refractivity contribution is 0.204. The fourth-order valence-corrected chi connectivity index (χ4v) is 2.55. The minimum Gasteiger partial charge on any atom is -0.336 e. The smallest absolute Gasteiger partial charge is 0.317 e. The Balaban J connectivity index is 1.49. The average Bonchev–Trinajstić information content (AvgIpc) is 3.17. The average molecular weight is 320 g/mol. The zero-order chi connectivity index (χ0) is 16.2. The van der Waals surface area contributed by atoms with Crippen molar-refractivity contribution in [2.45, 2.75) is 19.1 Å². The molecule has 1 aromatic heterocycles. The number of rotatable bonds is 4. The Morgan fingerprint density at radius 1 is 1.30 bits per heavy atom. The second-order valence-corrected chi connectivity index (χ2v) is 5.53. The van der Waals surface area contributed by atoms with Gasteiger partial charge in [-0.15, -0.1) is 0 Å². The first-order valence-electron chi connectivity index (χ1n) is 7.58. The van der Waals surface area contributed by atoms with Crippen molar-refractivity contribution in [2.24, 2.45) is 0 Å². The molecule has 2 amide bonds.